The topological polar surface area (TPSA) is 9.23 Å². The van der Waals surface area contributed by atoms with Gasteiger partial charge in [-0.1, -0.05) is 0 Å². The first-order valence-corrected chi connectivity index (χ1v) is 5.86. The van der Waals surface area contributed by atoms with Crippen LogP contribution in [0.1, 0.15) is 19.8 Å². The van der Waals surface area contributed by atoms with Crippen molar-refractivity contribution in [1.29, 1.82) is 0 Å². The van der Waals surface area contributed by atoms with Crippen LogP contribution in [0, 0.1) is 0 Å². The maximum atomic E-state index is 5.01. The molecule has 0 unspecified atom stereocenters. The molecule has 0 spiro atoms. The molecule has 0 saturated heterocycles. The van der Waals surface area contributed by atoms with Gasteiger partial charge in [0.2, 0.25) is 0 Å². The minimum absolute atomic E-state index is 0.316. The molecule has 42 valence electrons. The summed E-state index contributed by atoms with van der Waals surface area (Å²) in [5.74, 6) is 0. The van der Waals surface area contributed by atoms with Gasteiger partial charge in [0, 0.05) is 0 Å². The van der Waals surface area contributed by atoms with Crippen LogP contribution < -0.4 is 0 Å². The predicted molar refractivity (Wildman–Crippen MR) is 32.5 cm³/mol. The van der Waals surface area contributed by atoms with E-state index in [1.165, 1.54) is 17.3 Å². The van der Waals surface area contributed by atoms with Gasteiger partial charge in [-0.2, -0.15) is 0 Å². The molecule has 0 aliphatic carbocycles. The van der Waals surface area contributed by atoms with Crippen LogP contribution >= 0.6 is 0 Å². The van der Waals surface area contributed by atoms with Crippen molar-refractivity contribution < 1.29 is 3.07 Å². The molecule has 0 atom stereocenters. The Morgan fingerprint density at radius 3 is 2.71 bits per heavy atom. The molecule has 0 aromatic rings. The second-order valence-electron chi connectivity index (χ2n) is 1.45. The molecular formula is C5H12OSn. The van der Waals surface area contributed by atoms with Gasteiger partial charge in [0.05, 0.1) is 0 Å². The Hall–Kier alpha value is 0.759. The molecule has 1 nitrogen and oxygen atoms in total. The zero-order chi connectivity index (χ0) is 5.54. The molecule has 2 heteroatoms. The third-order valence-electron chi connectivity index (χ3n) is 0.777. The molecule has 0 saturated carbocycles. The van der Waals surface area contributed by atoms with E-state index in [9.17, 15) is 0 Å². The summed E-state index contributed by atoms with van der Waals surface area (Å²) >= 11 is -0.316. The summed E-state index contributed by atoms with van der Waals surface area (Å²) in [4.78, 5) is 0. The first-order valence-electron chi connectivity index (χ1n) is 2.67. The van der Waals surface area contributed by atoms with E-state index in [-0.39, 0.29) is 21.6 Å². The van der Waals surface area contributed by atoms with Crippen molar-refractivity contribution in [3.8, 4) is 0 Å². The van der Waals surface area contributed by atoms with E-state index in [0.717, 1.165) is 0 Å². The van der Waals surface area contributed by atoms with E-state index in [1.54, 1.807) is 0 Å². The summed E-state index contributed by atoms with van der Waals surface area (Å²) in [5, 5.41) is 0. The number of hydrogen-bond donors (Lipinski definition) is 0. The van der Waals surface area contributed by atoms with Crippen molar-refractivity contribution in [3.05, 3.63) is 0 Å². The Morgan fingerprint density at radius 1 is 1.57 bits per heavy atom. The average molecular weight is 207 g/mol. The van der Waals surface area contributed by atoms with E-state index in [2.05, 4.69) is 6.92 Å². The van der Waals surface area contributed by atoms with Crippen LogP contribution in [0.15, 0.2) is 0 Å². The van der Waals surface area contributed by atoms with Gasteiger partial charge in [-0.05, 0) is 0 Å². The third-order valence-corrected chi connectivity index (χ3v) is 3.19. The predicted octanol–water partition coefficient (Wildman–Crippen LogP) is 1.47. The molecule has 0 aromatic heterocycles. The molecule has 0 aromatic carbocycles. The van der Waals surface area contributed by atoms with Gasteiger partial charge in [0.25, 0.3) is 0 Å². The molecule has 2 radical (unpaired) electrons. The summed E-state index contributed by atoms with van der Waals surface area (Å²) in [5.41, 5.74) is 0. The van der Waals surface area contributed by atoms with E-state index in [4.69, 9.17) is 3.07 Å². The standard InChI is InChI=1S/C4H9.CH3O.Sn/c1-3-4-2;1-2;/h1,3-4H2,2H3;1H3;/q;-1;+1. The quantitative estimate of drug-likeness (QED) is 0.500. The van der Waals surface area contributed by atoms with Crippen molar-refractivity contribution in [2.45, 2.75) is 24.2 Å². The minimum atomic E-state index is -0.316. The number of rotatable bonds is 4. The van der Waals surface area contributed by atoms with E-state index >= 15 is 0 Å². The molecule has 0 N–H and O–H groups in total. The molecule has 0 fully saturated rings. The van der Waals surface area contributed by atoms with Gasteiger partial charge < -0.3 is 0 Å². The van der Waals surface area contributed by atoms with E-state index in [1.807, 2.05) is 7.11 Å². The normalized spacial score (nSPS) is 9.43. The first kappa shape index (κ1) is 7.76. The third kappa shape index (κ3) is 6.76. The van der Waals surface area contributed by atoms with Gasteiger partial charge in [0.1, 0.15) is 0 Å². The van der Waals surface area contributed by atoms with E-state index in [0.29, 0.717) is 0 Å². The molecule has 0 heterocycles. The van der Waals surface area contributed by atoms with Crippen LogP contribution in [0.3, 0.4) is 0 Å². The van der Waals surface area contributed by atoms with Gasteiger partial charge in [-0.15, -0.1) is 0 Å². The van der Waals surface area contributed by atoms with Crippen LogP contribution in [-0.4, -0.2) is 28.7 Å². The number of unbranched alkanes of at least 4 members (excludes halogenated alkanes) is 1. The Morgan fingerprint density at radius 2 is 2.29 bits per heavy atom. The fraction of sp³-hybridized carbons (Fsp3) is 1.00. The van der Waals surface area contributed by atoms with Gasteiger partial charge in [-0.3, -0.25) is 0 Å². The summed E-state index contributed by atoms with van der Waals surface area (Å²) in [6.45, 7) is 2.22. The Kier molecular flexibility index (Phi) is 7.49. The first-order chi connectivity index (χ1) is 3.41. The van der Waals surface area contributed by atoms with Gasteiger partial charge in [-0.25, -0.2) is 0 Å². The maximum absolute atomic E-state index is 5.01. The SMILES string of the molecule is CCC[CH2][Sn][O]C. The molecule has 0 aliphatic heterocycles. The second kappa shape index (κ2) is 6.76. The molecule has 0 bridgehead atoms. The summed E-state index contributed by atoms with van der Waals surface area (Å²) < 4.78 is 6.40. The van der Waals surface area contributed by atoms with E-state index < -0.39 is 0 Å². The van der Waals surface area contributed by atoms with Crippen LogP contribution in [0.25, 0.3) is 0 Å². The summed E-state index contributed by atoms with van der Waals surface area (Å²) in [6, 6.07) is 0. The average Bonchev–Trinajstić information content (AvgIpc) is 1.69. The van der Waals surface area contributed by atoms with Crippen LogP contribution in [0.2, 0.25) is 4.44 Å². The Labute approximate surface area is 56.2 Å². The van der Waals surface area contributed by atoms with Crippen molar-refractivity contribution in [2.24, 2.45) is 0 Å². The fourth-order valence-corrected chi connectivity index (χ4v) is 2.35. The molecule has 0 rings (SSSR count). The molecular weight excluding hydrogens is 195 g/mol. The van der Waals surface area contributed by atoms with Crippen molar-refractivity contribution in [1.82, 2.24) is 0 Å². The van der Waals surface area contributed by atoms with Gasteiger partial charge in [0.15, 0.2) is 0 Å². The summed E-state index contributed by atoms with van der Waals surface area (Å²) in [7, 11) is 1.82. The fourth-order valence-electron chi connectivity index (χ4n) is 0.351. The molecule has 0 amide bonds. The van der Waals surface area contributed by atoms with Crippen molar-refractivity contribution in [3.63, 3.8) is 0 Å². The monoisotopic (exact) mass is 208 g/mol. The van der Waals surface area contributed by atoms with Crippen molar-refractivity contribution >= 4 is 21.6 Å². The Balaban J connectivity index is 2.45. The van der Waals surface area contributed by atoms with Gasteiger partial charge >= 0.3 is 55.9 Å². The van der Waals surface area contributed by atoms with Crippen LogP contribution in [0.5, 0.6) is 0 Å². The molecule has 7 heavy (non-hydrogen) atoms. The van der Waals surface area contributed by atoms with Crippen LogP contribution in [-0.2, 0) is 3.07 Å². The number of hydrogen-bond acceptors (Lipinski definition) is 1. The summed E-state index contributed by atoms with van der Waals surface area (Å²) in [6.07, 6.45) is 2.70. The zero-order valence-corrected chi connectivity index (χ0v) is 7.88. The Bertz CT molecular complexity index is 27.3. The van der Waals surface area contributed by atoms with Crippen molar-refractivity contribution in [2.75, 3.05) is 7.11 Å². The van der Waals surface area contributed by atoms with Crippen LogP contribution in [0.4, 0.5) is 0 Å². The zero-order valence-electron chi connectivity index (χ0n) is 5.03. The second-order valence-corrected chi connectivity index (χ2v) is 4.87. The molecule has 0 aliphatic rings.